The molecule has 0 radical (unpaired) electrons. The summed E-state index contributed by atoms with van der Waals surface area (Å²) in [4.78, 5) is 0. The van der Waals surface area contributed by atoms with Crippen molar-refractivity contribution in [3.63, 3.8) is 0 Å². The fourth-order valence-corrected chi connectivity index (χ4v) is 0.975. The van der Waals surface area contributed by atoms with Gasteiger partial charge in [-0.1, -0.05) is 41.9 Å². The Morgan fingerprint density at radius 2 is 1.58 bits per heavy atom. The Hall–Kier alpha value is -0.780. The van der Waals surface area contributed by atoms with Gasteiger partial charge in [0.15, 0.2) is 0 Å². The van der Waals surface area contributed by atoms with E-state index < -0.39 is 0 Å². The standard InChI is InChI=1S/C12H20/c1-6-10(3)8-12(5)9-11(4)7-2/h6,8-9H,7H2,1-5H3/b10-6-,11-9+,12-8-. The van der Waals surface area contributed by atoms with Crippen LogP contribution in [0.25, 0.3) is 0 Å². The smallest absolute Gasteiger partial charge is 0.0348 e. The van der Waals surface area contributed by atoms with Crippen molar-refractivity contribution in [2.75, 3.05) is 0 Å². The topological polar surface area (TPSA) is 0 Å². The summed E-state index contributed by atoms with van der Waals surface area (Å²) in [6, 6.07) is 0. The Kier molecular flexibility index (Phi) is 5.44. The van der Waals surface area contributed by atoms with Crippen molar-refractivity contribution in [1.29, 1.82) is 0 Å². The van der Waals surface area contributed by atoms with Crippen LogP contribution in [0, 0.1) is 0 Å². The molecule has 0 aliphatic carbocycles. The van der Waals surface area contributed by atoms with Gasteiger partial charge in [0, 0.05) is 0 Å². The zero-order valence-electron chi connectivity index (χ0n) is 8.94. The van der Waals surface area contributed by atoms with E-state index in [-0.39, 0.29) is 0 Å². The lowest BCUT2D eigenvalue weighted by Gasteiger charge is -1.97. The normalized spacial score (nSPS) is 15.2. The molecule has 0 aliphatic rings. The first kappa shape index (κ1) is 11.2. The molecule has 0 aromatic rings. The predicted molar refractivity (Wildman–Crippen MR) is 57.2 cm³/mol. The van der Waals surface area contributed by atoms with Crippen molar-refractivity contribution in [3.8, 4) is 0 Å². The lowest BCUT2D eigenvalue weighted by Crippen LogP contribution is -1.76. The van der Waals surface area contributed by atoms with Crippen LogP contribution in [0.4, 0.5) is 0 Å². The Morgan fingerprint density at radius 1 is 1.00 bits per heavy atom. The Labute approximate surface area is 76.7 Å². The first-order chi connectivity index (χ1) is 5.60. The maximum absolute atomic E-state index is 2.24. The number of hydrogen-bond acceptors (Lipinski definition) is 0. The second kappa shape index (κ2) is 5.82. The third-order valence-corrected chi connectivity index (χ3v) is 1.94. The van der Waals surface area contributed by atoms with Crippen molar-refractivity contribution in [2.24, 2.45) is 0 Å². The second-order valence-electron chi connectivity index (χ2n) is 3.27. The molecular formula is C12H20. The van der Waals surface area contributed by atoms with E-state index in [1.165, 1.54) is 16.7 Å². The zero-order chi connectivity index (χ0) is 9.56. The van der Waals surface area contributed by atoms with E-state index in [0.29, 0.717) is 0 Å². The van der Waals surface area contributed by atoms with Gasteiger partial charge in [0.25, 0.3) is 0 Å². The summed E-state index contributed by atoms with van der Waals surface area (Å²) in [7, 11) is 0. The third-order valence-electron chi connectivity index (χ3n) is 1.94. The molecule has 0 spiro atoms. The van der Waals surface area contributed by atoms with Gasteiger partial charge in [0.2, 0.25) is 0 Å². The van der Waals surface area contributed by atoms with Crippen LogP contribution < -0.4 is 0 Å². The van der Waals surface area contributed by atoms with Crippen LogP contribution in [0.2, 0.25) is 0 Å². The van der Waals surface area contributed by atoms with Gasteiger partial charge in [-0.25, -0.2) is 0 Å². The van der Waals surface area contributed by atoms with Crippen LogP contribution in [-0.2, 0) is 0 Å². The Morgan fingerprint density at radius 3 is 2.00 bits per heavy atom. The predicted octanol–water partition coefficient (Wildman–Crippen LogP) is 4.26. The molecule has 0 rings (SSSR count). The van der Waals surface area contributed by atoms with Crippen LogP contribution in [0.5, 0.6) is 0 Å². The van der Waals surface area contributed by atoms with Crippen LogP contribution >= 0.6 is 0 Å². The van der Waals surface area contributed by atoms with E-state index in [4.69, 9.17) is 0 Å². The summed E-state index contributed by atoms with van der Waals surface area (Å²) in [6.07, 6.45) is 7.71. The summed E-state index contributed by atoms with van der Waals surface area (Å²) >= 11 is 0. The molecule has 0 unspecified atom stereocenters. The summed E-state index contributed by atoms with van der Waals surface area (Å²) in [6.45, 7) is 10.7. The number of hydrogen-bond donors (Lipinski definition) is 0. The Balaban J connectivity index is 4.40. The van der Waals surface area contributed by atoms with E-state index >= 15 is 0 Å². The molecule has 0 aliphatic heterocycles. The average Bonchev–Trinajstić information content (AvgIpc) is 2.03. The van der Waals surface area contributed by atoms with Crippen molar-refractivity contribution in [2.45, 2.75) is 41.0 Å². The van der Waals surface area contributed by atoms with E-state index in [2.05, 4.69) is 52.8 Å². The van der Waals surface area contributed by atoms with E-state index in [0.717, 1.165) is 6.42 Å². The molecule has 0 aromatic carbocycles. The third kappa shape index (κ3) is 4.95. The lowest BCUT2D eigenvalue weighted by molar-refractivity contribution is 1.09. The van der Waals surface area contributed by atoms with Crippen molar-refractivity contribution in [1.82, 2.24) is 0 Å². The van der Waals surface area contributed by atoms with Gasteiger partial charge in [-0.2, -0.15) is 0 Å². The number of rotatable bonds is 3. The minimum atomic E-state index is 1.14. The molecule has 0 nitrogen and oxygen atoms in total. The van der Waals surface area contributed by atoms with Crippen LogP contribution in [0.1, 0.15) is 41.0 Å². The fourth-order valence-electron chi connectivity index (χ4n) is 0.975. The highest BCUT2D eigenvalue weighted by Gasteiger charge is 1.86. The molecule has 0 amide bonds. The molecule has 0 bridgehead atoms. The van der Waals surface area contributed by atoms with Gasteiger partial charge in [0.05, 0.1) is 0 Å². The molecule has 0 atom stereocenters. The van der Waals surface area contributed by atoms with Gasteiger partial charge in [-0.05, 0) is 34.1 Å². The van der Waals surface area contributed by atoms with Crippen LogP contribution in [0.15, 0.2) is 34.9 Å². The highest BCUT2D eigenvalue weighted by atomic mass is 13.9. The first-order valence-electron chi connectivity index (χ1n) is 4.58. The summed E-state index contributed by atoms with van der Waals surface area (Å²) in [5.41, 5.74) is 4.10. The quantitative estimate of drug-likeness (QED) is 0.547. The summed E-state index contributed by atoms with van der Waals surface area (Å²) in [5, 5.41) is 0. The highest BCUT2D eigenvalue weighted by molar-refractivity contribution is 5.28. The zero-order valence-corrected chi connectivity index (χ0v) is 8.94. The molecular weight excluding hydrogens is 144 g/mol. The van der Waals surface area contributed by atoms with E-state index in [1.54, 1.807) is 0 Å². The van der Waals surface area contributed by atoms with Crippen molar-refractivity contribution in [3.05, 3.63) is 34.9 Å². The van der Waals surface area contributed by atoms with Crippen molar-refractivity contribution >= 4 is 0 Å². The fraction of sp³-hybridized carbons (Fsp3) is 0.500. The second-order valence-corrected chi connectivity index (χ2v) is 3.27. The molecule has 0 fully saturated rings. The maximum atomic E-state index is 2.24. The van der Waals surface area contributed by atoms with Gasteiger partial charge >= 0.3 is 0 Å². The molecule has 0 saturated carbocycles. The van der Waals surface area contributed by atoms with Gasteiger partial charge in [0.1, 0.15) is 0 Å². The SMILES string of the molecule is C\C=C(C)/C=C(C)\C=C(/C)CC. The monoisotopic (exact) mass is 164 g/mol. The molecule has 0 saturated heterocycles. The first-order valence-corrected chi connectivity index (χ1v) is 4.58. The molecule has 68 valence electrons. The van der Waals surface area contributed by atoms with Gasteiger partial charge < -0.3 is 0 Å². The molecule has 12 heavy (non-hydrogen) atoms. The Bertz CT molecular complexity index is 214. The summed E-state index contributed by atoms with van der Waals surface area (Å²) in [5.74, 6) is 0. The molecule has 0 heteroatoms. The molecule has 0 aromatic heterocycles. The minimum Gasteiger partial charge on any atom is -0.0847 e. The highest BCUT2D eigenvalue weighted by Crippen LogP contribution is 2.07. The largest absolute Gasteiger partial charge is 0.0847 e. The van der Waals surface area contributed by atoms with Gasteiger partial charge in [-0.15, -0.1) is 0 Å². The maximum Gasteiger partial charge on any atom is -0.0348 e. The van der Waals surface area contributed by atoms with Crippen LogP contribution in [-0.4, -0.2) is 0 Å². The minimum absolute atomic E-state index is 1.14. The average molecular weight is 164 g/mol. The molecule has 0 heterocycles. The van der Waals surface area contributed by atoms with Gasteiger partial charge in [-0.3, -0.25) is 0 Å². The summed E-state index contributed by atoms with van der Waals surface area (Å²) < 4.78 is 0. The van der Waals surface area contributed by atoms with Crippen molar-refractivity contribution < 1.29 is 0 Å². The lowest BCUT2D eigenvalue weighted by atomic mass is 10.1. The number of allylic oxidation sites excluding steroid dienone is 6. The van der Waals surface area contributed by atoms with E-state index in [1.807, 2.05) is 0 Å². The van der Waals surface area contributed by atoms with Crippen LogP contribution in [0.3, 0.4) is 0 Å². The molecule has 0 N–H and O–H groups in total. The van der Waals surface area contributed by atoms with E-state index in [9.17, 15) is 0 Å².